The van der Waals surface area contributed by atoms with Crippen molar-refractivity contribution >= 4 is 0 Å². The molecule has 1 aromatic heterocycles. The van der Waals surface area contributed by atoms with E-state index >= 15 is 0 Å². The number of ether oxygens (including phenoxy) is 3. The van der Waals surface area contributed by atoms with Crippen LogP contribution in [-0.2, 0) is 0 Å². The van der Waals surface area contributed by atoms with Gasteiger partial charge in [0.2, 0.25) is 18.9 Å². The van der Waals surface area contributed by atoms with Gasteiger partial charge in [-0.3, -0.25) is 0 Å². The van der Waals surface area contributed by atoms with E-state index in [0.29, 0.717) is 16.7 Å². The number of hydrogen-bond acceptors (Lipinski definition) is 9. The van der Waals surface area contributed by atoms with Gasteiger partial charge in [0, 0.05) is 16.7 Å². The smallest absolute Gasteiger partial charge is 0.328 e. The van der Waals surface area contributed by atoms with E-state index in [9.17, 15) is 15.3 Å². The highest BCUT2D eigenvalue weighted by molar-refractivity contribution is 5.20. The summed E-state index contributed by atoms with van der Waals surface area (Å²) in [5.41, 5.74) is 1.41. The van der Waals surface area contributed by atoms with E-state index in [1.165, 1.54) is 0 Å². The second-order valence-corrected chi connectivity index (χ2v) is 6.83. The average Bonchev–Trinajstić information content (AvgIpc) is 2.85. The molecule has 0 aliphatic rings. The summed E-state index contributed by atoms with van der Waals surface area (Å²) in [6.45, 7) is 0. The molecule has 3 atom stereocenters. The highest BCUT2D eigenvalue weighted by atomic mass is 16.6. The van der Waals surface area contributed by atoms with Crippen molar-refractivity contribution in [3.05, 3.63) is 108 Å². The van der Waals surface area contributed by atoms with Gasteiger partial charge in [-0.05, 0) is 0 Å². The largest absolute Gasteiger partial charge is 0.429 e. The zero-order valence-electron chi connectivity index (χ0n) is 17.3. The number of aromatic nitrogens is 3. The molecule has 0 aliphatic heterocycles. The fourth-order valence-electron chi connectivity index (χ4n) is 2.84. The summed E-state index contributed by atoms with van der Waals surface area (Å²) in [6, 6.07) is 24.9. The summed E-state index contributed by atoms with van der Waals surface area (Å²) in [4.78, 5) is 12.0. The lowest BCUT2D eigenvalue weighted by Crippen LogP contribution is -2.14. The van der Waals surface area contributed by atoms with Crippen molar-refractivity contribution in [2.45, 2.75) is 18.9 Å². The summed E-state index contributed by atoms with van der Waals surface area (Å²) in [7, 11) is 0. The minimum atomic E-state index is -1.38. The molecule has 0 bridgehead atoms. The maximum atomic E-state index is 10.4. The van der Waals surface area contributed by atoms with Crippen molar-refractivity contribution in [1.29, 1.82) is 0 Å². The van der Waals surface area contributed by atoms with Crippen molar-refractivity contribution in [3.8, 4) is 18.0 Å². The lowest BCUT2D eigenvalue weighted by molar-refractivity contribution is -0.0450. The van der Waals surface area contributed by atoms with E-state index in [-0.39, 0.29) is 18.0 Å². The first kappa shape index (κ1) is 22.2. The van der Waals surface area contributed by atoms with Gasteiger partial charge >= 0.3 is 18.0 Å². The third-order valence-electron chi connectivity index (χ3n) is 4.48. The molecule has 3 unspecified atom stereocenters. The standard InChI is InChI=1S/C24H21N3O6/c28-19(16-10-4-1-5-11-16)31-22-25-23(32-20(29)17-12-6-2-7-13-17)27-24(26-22)33-21(30)18-14-8-3-9-15-18/h1-15,19-21,28-30H. The third-order valence-corrected chi connectivity index (χ3v) is 4.48. The monoisotopic (exact) mass is 447 g/mol. The van der Waals surface area contributed by atoms with Gasteiger partial charge in [0.05, 0.1) is 0 Å². The molecule has 0 spiro atoms. The highest BCUT2D eigenvalue weighted by Gasteiger charge is 2.20. The molecule has 4 rings (SSSR count). The minimum Gasteiger partial charge on any atom is -0.429 e. The molecule has 33 heavy (non-hydrogen) atoms. The Morgan fingerprint density at radius 1 is 0.424 bits per heavy atom. The average molecular weight is 447 g/mol. The van der Waals surface area contributed by atoms with Gasteiger partial charge in [-0.15, -0.1) is 15.0 Å². The number of rotatable bonds is 9. The lowest BCUT2D eigenvalue weighted by atomic mass is 10.2. The van der Waals surface area contributed by atoms with E-state index < -0.39 is 18.9 Å². The minimum absolute atomic E-state index is 0.327. The van der Waals surface area contributed by atoms with Gasteiger partial charge in [0.25, 0.3) is 0 Å². The van der Waals surface area contributed by atoms with Crippen LogP contribution in [0.15, 0.2) is 91.0 Å². The summed E-state index contributed by atoms with van der Waals surface area (Å²) < 4.78 is 16.3. The molecule has 0 radical (unpaired) electrons. The van der Waals surface area contributed by atoms with E-state index in [1.807, 2.05) is 0 Å². The van der Waals surface area contributed by atoms with Crippen LogP contribution in [0.3, 0.4) is 0 Å². The predicted octanol–water partition coefficient (Wildman–Crippen LogP) is 3.08. The molecule has 3 N–H and O–H groups in total. The number of aliphatic hydroxyl groups excluding tert-OH is 3. The molecule has 0 aliphatic carbocycles. The first-order valence-corrected chi connectivity index (χ1v) is 10.0. The molecule has 9 heteroatoms. The normalized spacial score (nSPS) is 13.5. The Morgan fingerprint density at radius 2 is 0.667 bits per heavy atom. The molecule has 0 amide bonds. The van der Waals surface area contributed by atoms with Crippen LogP contribution in [-0.4, -0.2) is 30.3 Å². The van der Waals surface area contributed by atoms with Crippen LogP contribution in [0.4, 0.5) is 0 Å². The van der Waals surface area contributed by atoms with E-state index in [0.717, 1.165) is 0 Å². The van der Waals surface area contributed by atoms with Crippen LogP contribution in [0.5, 0.6) is 18.0 Å². The SMILES string of the molecule is OC(Oc1nc(OC(O)c2ccccc2)nc(OC(O)c2ccccc2)n1)c1ccccc1. The Bertz CT molecular complexity index is 990. The fraction of sp³-hybridized carbons (Fsp3) is 0.125. The second kappa shape index (κ2) is 10.5. The van der Waals surface area contributed by atoms with Crippen molar-refractivity contribution in [1.82, 2.24) is 15.0 Å². The highest BCUT2D eigenvalue weighted by Crippen LogP contribution is 2.25. The number of nitrogens with zero attached hydrogens (tertiary/aromatic N) is 3. The molecule has 0 saturated carbocycles. The van der Waals surface area contributed by atoms with E-state index in [4.69, 9.17) is 14.2 Å². The zero-order chi connectivity index (χ0) is 23.0. The van der Waals surface area contributed by atoms with E-state index in [1.54, 1.807) is 91.0 Å². The van der Waals surface area contributed by atoms with Crippen LogP contribution in [0.2, 0.25) is 0 Å². The fourth-order valence-corrected chi connectivity index (χ4v) is 2.84. The maximum Gasteiger partial charge on any atom is 0.328 e. The van der Waals surface area contributed by atoms with Crippen LogP contribution < -0.4 is 14.2 Å². The first-order valence-electron chi connectivity index (χ1n) is 10.0. The summed E-state index contributed by atoms with van der Waals surface area (Å²) in [5.74, 6) is 0. The Balaban J connectivity index is 1.59. The Morgan fingerprint density at radius 3 is 0.909 bits per heavy atom. The quantitative estimate of drug-likeness (QED) is 0.332. The molecule has 3 aromatic carbocycles. The summed E-state index contributed by atoms with van der Waals surface area (Å²) in [5, 5.41) is 31.1. The molecular weight excluding hydrogens is 426 g/mol. The van der Waals surface area contributed by atoms with Gasteiger partial charge in [-0.25, -0.2) is 0 Å². The summed E-state index contributed by atoms with van der Waals surface area (Å²) >= 11 is 0. The lowest BCUT2D eigenvalue weighted by Gasteiger charge is -2.17. The third kappa shape index (κ3) is 6.01. The van der Waals surface area contributed by atoms with Crippen LogP contribution in [0, 0.1) is 0 Å². The van der Waals surface area contributed by atoms with Crippen molar-refractivity contribution in [2.24, 2.45) is 0 Å². The second-order valence-electron chi connectivity index (χ2n) is 6.83. The first-order chi connectivity index (χ1) is 16.1. The molecule has 9 nitrogen and oxygen atoms in total. The van der Waals surface area contributed by atoms with E-state index in [2.05, 4.69) is 15.0 Å². The topological polar surface area (TPSA) is 127 Å². The predicted molar refractivity (Wildman–Crippen MR) is 116 cm³/mol. The maximum absolute atomic E-state index is 10.4. The van der Waals surface area contributed by atoms with Gasteiger partial charge in [-0.2, -0.15) is 0 Å². The van der Waals surface area contributed by atoms with Crippen LogP contribution in [0.25, 0.3) is 0 Å². The molecular formula is C24H21N3O6. The Kier molecular flexibility index (Phi) is 7.06. The molecule has 4 aromatic rings. The molecule has 0 saturated heterocycles. The van der Waals surface area contributed by atoms with Crippen molar-refractivity contribution in [2.75, 3.05) is 0 Å². The summed E-state index contributed by atoms with van der Waals surface area (Å²) in [6.07, 6.45) is -4.15. The number of benzene rings is 3. The van der Waals surface area contributed by atoms with Gasteiger partial charge in [0.1, 0.15) is 0 Å². The Hall–Kier alpha value is -4.05. The van der Waals surface area contributed by atoms with Crippen LogP contribution >= 0.6 is 0 Å². The molecule has 168 valence electrons. The zero-order valence-corrected chi connectivity index (χ0v) is 17.3. The van der Waals surface area contributed by atoms with Gasteiger partial charge < -0.3 is 29.5 Å². The number of hydrogen-bond donors (Lipinski definition) is 3. The number of aliphatic hydroxyl groups is 3. The van der Waals surface area contributed by atoms with Crippen molar-refractivity contribution < 1.29 is 29.5 Å². The van der Waals surface area contributed by atoms with Crippen LogP contribution in [0.1, 0.15) is 35.6 Å². The van der Waals surface area contributed by atoms with Crippen molar-refractivity contribution in [3.63, 3.8) is 0 Å². The molecule has 1 heterocycles. The van der Waals surface area contributed by atoms with Gasteiger partial charge in [-0.1, -0.05) is 91.0 Å². The van der Waals surface area contributed by atoms with Gasteiger partial charge in [0.15, 0.2) is 0 Å². The Labute approximate surface area is 189 Å². The molecule has 0 fully saturated rings.